The van der Waals surface area contributed by atoms with Crippen molar-refractivity contribution in [1.82, 2.24) is 14.8 Å². The van der Waals surface area contributed by atoms with Crippen LogP contribution in [0.4, 0.5) is 4.39 Å². The van der Waals surface area contributed by atoms with Gasteiger partial charge in [0.15, 0.2) is 5.82 Å². The van der Waals surface area contributed by atoms with Crippen molar-refractivity contribution in [3.63, 3.8) is 0 Å². The number of nitrogens with zero attached hydrogens (tertiary/aromatic N) is 3. The summed E-state index contributed by atoms with van der Waals surface area (Å²) in [6.07, 6.45) is 0.644. The lowest BCUT2D eigenvalue weighted by Crippen LogP contribution is -2.28. The standard InChI is InChI=1S/C21H21ClFN3O2S/c1-21(12-27)11-19-24-25-20(26(19)7-8-29-21)15-5-3-14(10-18(15)28-2)13-4-6-16(22)17(23)9-13/h3-6,9-10,27H,7-8,11-12H2,1-2H3. The molecule has 4 rings (SSSR count). The quantitative estimate of drug-likeness (QED) is 0.658. The second-order valence-corrected chi connectivity index (χ2v) is 9.36. The smallest absolute Gasteiger partial charge is 0.167 e. The third-order valence-electron chi connectivity index (χ3n) is 5.15. The van der Waals surface area contributed by atoms with E-state index in [0.717, 1.165) is 35.1 Å². The summed E-state index contributed by atoms with van der Waals surface area (Å²) < 4.78 is 21.3. The molecule has 1 unspecified atom stereocenters. The van der Waals surface area contributed by atoms with Crippen LogP contribution in [0.1, 0.15) is 12.7 Å². The lowest BCUT2D eigenvalue weighted by atomic mass is 10.0. The topological polar surface area (TPSA) is 60.2 Å². The second kappa shape index (κ2) is 7.97. The van der Waals surface area contributed by atoms with Crippen molar-refractivity contribution in [1.29, 1.82) is 0 Å². The van der Waals surface area contributed by atoms with E-state index >= 15 is 0 Å². The summed E-state index contributed by atoms with van der Waals surface area (Å²) in [7, 11) is 1.60. The molecule has 1 aliphatic heterocycles. The first-order valence-corrected chi connectivity index (χ1v) is 10.6. The zero-order valence-corrected chi connectivity index (χ0v) is 17.7. The molecule has 5 nitrogen and oxygen atoms in total. The number of aliphatic hydroxyl groups is 1. The van der Waals surface area contributed by atoms with E-state index < -0.39 is 5.82 Å². The van der Waals surface area contributed by atoms with Crippen LogP contribution in [0.15, 0.2) is 36.4 Å². The Morgan fingerprint density at radius 1 is 1.24 bits per heavy atom. The third kappa shape index (κ3) is 3.86. The Bertz CT molecular complexity index is 1060. The molecular weight excluding hydrogens is 413 g/mol. The predicted octanol–water partition coefficient (Wildman–Crippen LogP) is 4.45. The van der Waals surface area contributed by atoms with Gasteiger partial charge in [-0.05, 0) is 42.3 Å². The zero-order chi connectivity index (χ0) is 20.6. The summed E-state index contributed by atoms with van der Waals surface area (Å²) in [6.45, 7) is 2.89. The number of benzene rings is 2. The number of methoxy groups -OCH3 is 1. The first kappa shape index (κ1) is 20.2. The van der Waals surface area contributed by atoms with Gasteiger partial charge in [-0.15, -0.1) is 10.2 Å². The maximum absolute atomic E-state index is 13.9. The molecule has 0 saturated heterocycles. The van der Waals surface area contributed by atoms with Gasteiger partial charge >= 0.3 is 0 Å². The van der Waals surface area contributed by atoms with E-state index in [9.17, 15) is 9.50 Å². The van der Waals surface area contributed by atoms with Gasteiger partial charge in [0.2, 0.25) is 0 Å². The Morgan fingerprint density at radius 2 is 2.00 bits per heavy atom. The first-order valence-electron chi connectivity index (χ1n) is 9.25. The number of fused-ring (bicyclic) bond motifs is 1. The van der Waals surface area contributed by atoms with E-state index in [0.29, 0.717) is 17.7 Å². The maximum atomic E-state index is 13.9. The van der Waals surface area contributed by atoms with E-state index in [4.69, 9.17) is 16.3 Å². The van der Waals surface area contributed by atoms with Gasteiger partial charge in [-0.2, -0.15) is 11.8 Å². The Balaban J connectivity index is 1.74. The molecule has 1 aromatic heterocycles. The highest BCUT2D eigenvalue weighted by molar-refractivity contribution is 8.00. The zero-order valence-electron chi connectivity index (χ0n) is 16.2. The minimum atomic E-state index is -0.459. The van der Waals surface area contributed by atoms with Crippen LogP contribution < -0.4 is 4.74 Å². The van der Waals surface area contributed by atoms with Gasteiger partial charge in [-0.25, -0.2) is 4.39 Å². The second-order valence-electron chi connectivity index (χ2n) is 7.27. The van der Waals surface area contributed by atoms with E-state index in [2.05, 4.69) is 14.8 Å². The Hall–Kier alpha value is -2.09. The summed E-state index contributed by atoms with van der Waals surface area (Å²) in [5.41, 5.74) is 2.36. The molecule has 0 fully saturated rings. The Labute approximate surface area is 177 Å². The molecule has 3 aromatic rings. The summed E-state index contributed by atoms with van der Waals surface area (Å²) in [5.74, 6) is 2.62. The molecule has 0 saturated carbocycles. The third-order valence-corrected chi connectivity index (χ3v) is 6.82. The molecule has 0 aliphatic carbocycles. The van der Waals surface area contributed by atoms with E-state index in [1.165, 1.54) is 6.07 Å². The van der Waals surface area contributed by atoms with Gasteiger partial charge in [0.1, 0.15) is 17.4 Å². The highest BCUT2D eigenvalue weighted by Crippen LogP contribution is 2.37. The number of hydrogen-bond acceptors (Lipinski definition) is 5. The van der Waals surface area contributed by atoms with Crippen molar-refractivity contribution in [2.75, 3.05) is 19.5 Å². The number of halogens is 2. The number of hydrogen-bond donors (Lipinski definition) is 1. The number of aromatic nitrogens is 3. The van der Waals surface area contributed by atoms with Crippen LogP contribution in [0, 0.1) is 5.82 Å². The molecule has 8 heteroatoms. The van der Waals surface area contributed by atoms with Gasteiger partial charge < -0.3 is 14.4 Å². The number of thioether (sulfide) groups is 1. The highest BCUT2D eigenvalue weighted by Gasteiger charge is 2.31. The fourth-order valence-corrected chi connectivity index (χ4v) is 4.71. The molecule has 0 amide bonds. The fraction of sp³-hybridized carbons (Fsp3) is 0.333. The first-order chi connectivity index (χ1) is 13.9. The van der Waals surface area contributed by atoms with Crippen LogP contribution in [-0.4, -0.2) is 44.1 Å². The summed E-state index contributed by atoms with van der Waals surface area (Å²) in [5, 5.41) is 18.6. The molecule has 1 aliphatic rings. The van der Waals surface area contributed by atoms with Gasteiger partial charge in [0.05, 0.1) is 24.3 Å². The average molecular weight is 434 g/mol. The van der Waals surface area contributed by atoms with Crippen LogP contribution in [0.3, 0.4) is 0 Å². The summed E-state index contributed by atoms with van der Waals surface area (Å²) in [6, 6.07) is 10.4. The Kier molecular flexibility index (Phi) is 5.55. The van der Waals surface area contributed by atoms with Gasteiger partial charge in [-0.1, -0.05) is 23.7 Å². The number of ether oxygens (including phenoxy) is 1. The summed E-state index contributed by atoms with van der Waals surface area (Å²) >= 11 is 7.54. The average Bonchev–Trinajstić information content (AvgIpc) is 3.02. The SMILES string of the molecule is COc1cc(-c2ccc(Cl)c(F)c2)ccc1-c1nnc2n1CCSC(C)(CO)C2. The van der Waals surface area contributed by atoms with Crippen molar-refractivity contribution in [2.24, 2.45) is 0 Å². The van der Waals surface area contributed by atoms with Crippen LogP contribution >= 0.6 is 23.4 Å². The van der Waals surface area contributed by atoms with Crippen molar-refractivity contribution in [2.45, 2.75) is 24.6 Å². The minimum absolute atomic E-state index is 0.0928. The Morgan fingerprint density at radius 3 is 2.72 bits per heavy atom. The number of rotatable bonds is 4. The largest absolute Gasteiger partial charge is 0.496 e. The van der Waals surface area contributed by atoms with E-state index in [1.807, 2.05) is 25.1 Å². The maximum Gasteiger partial charge on any atom is 0.167 e. The summed E-state index contributed by atoms with van der Waals surface area (Å²) in [4.78, 5) is 0. The lowest BCUT2D eigenvalue weighted by molar-refractivity contribution is 0.254. The molecule has 0 bridgehead atoms. The van der Waals surface area contributed by atoms with Crippen molar-refractivity contribution in [3.05, 3.63) is 53.1 Å². The van der Waals surface area contributed by atoms with Gasteiger partial charge in [-0.3, -0.25) is 0 Å². The van der Waals surface area contributed by atoms with Crippen LogP contribution in [0.5, 0.6) is 5.75 Å². The molecule has 0 spiro atoms. The van der Waals surface area contributed by atoms with Crippen molar-refractivity contribution >= 4 is 23.4 Å². The monoisotopic (exact) mass is 433 g/mol. The molecule has 2 aromatic carbocycles. The molecular formula is C21H21ClFN3O2S. The normalized spacial score (nSPS) is 18.9. The minimum Gasteiger partial charge on any atom is -0.496 e. The van der Waals surface area contributed by atoms with Gasteiger partial charge in [0.25, 0.3) is 0 Å². The molecule has 1 N–H and O–H groups in total. The van der Waals surface area contributed by atoms with Crippen LogP contribution in [0.2, 0.25) is 5.02 Å². The highest BCUT2D eigenvalue weighted by atomic mass is 35.5. The van der Waals surface area contributed by atoms with Crippen molar-refractivity contribution < 1.29 is 14.2 Å². The molecule has 29 heavy (non-hydrogen) atoms. The molecule has 152 valence electrons. The van der Waals surface area contributed by atoms with E-state index in [-0.39, 0.29) is 16.4 Å². The van der Waals surface area contributed by atoms with Gasteiger partial charge in [0, 0.05) is 23.5 Å². The van der Waals surface area contributed by atoms with Crippen LogP contribution in [-0.2, 0) is 13.0 Å². The molecule has 0 radical (unpaired) electrons. The van der Waals surface area contributed by atoms with Crippen molar-refractivity contribution in [3.8, 4) is 28.3 Å². The molecule has 1 atom stereocenters. The predicted molar refractivity (Wildman–Crippen MR) is 114 cm³/mol. The molecule has 2 heterocycles. The fourth-order valence-electron chi connectivity index (χ4n) is 3.50. The van der Waals surface area contributed by atoms with Crippen LogP contribution in [0.25, 0.3) is 22.5 Å². The lowest BCUT2D eigenvalue weighted by Gasteiger charge is -2.23. The van der Waals surface area contributed by atoms with E-state index in [1.54, 1.807) is 31.0 Å². The number of aliphatic hydroxyl groups excluding tert-OH is 1.